The van der Waals surface area contributed by atoms with E-state index in [1.165, 1.54) is 22.3 Å². The Balaban J connectivity index is 1.93. The van der Waals surface area contributed by atoms with Gasteiger partial charge in [-0.05, 0) is 62.8 Å². The molecule has 0 heterocycles. The highest BCUT2D eigenvalue weighted by atomic mass is 16.5. The summed E-state index contributed by atoms with van der Waals surface area (Å²) in [6, 6.07) is 14.9. The fraction of sp³-hybridized carbons (Fsp3) is 0.381. The summed E-state index contributed by atoms with van der Waals surface area (Å²) in [4.78, 5) is 0. The first-order valence-corrected chi connectivity index (χ1v) is 8.18. The van der Waals surface area contributed by atoms with Crippen molar-refractivity contribution >= 4 is 0 Å². The summed E-state index contributed by atoms with van der Waals surface area (Å²) in [7, 11) is 0. The summed E-state index contributed by atoms with van der Waals surface area (Å²) in [5.41, 5.74) is 5.94. The minimum atomic E-state index is -0.0555. The maximum Gasteiger partial charge on any atom is 0.125 e. The van der Waals surface area contributed by atoms with E-state index in [4.69, 9.17) is 4.74 Å². The summed E-state index contributed by atoms with van der Waals surface area (Å²) < 4.78 is 5.97. The lowest BCUT2D eigenvalue weighted by molar-refractivity contribution is 0.301. The van der Waals surface area contributed by atoms with Crippen molar-refractivity contribution in [2.24, 2.45) is 0 Å². The number of ether oxygens (including phenoxy) is 1. The summed E-state index contributed by atoms with van der Waals surface area (Å²) in [6.07, 6.45) is 1.70. The highest BCUT2D eigenvalue weighted by Gasteiger charge is 2.13. The minimum absolute atomic E-state index is 0.0555. The van der Waals surface area contributed by atoms with Crippen molar-refractivity contribution in [2.45, 2.75) is 46.5 Å². The second-order valence-electron chi connectivity index (χ2n) is 6.26. The average Bonchev–Trinajstić information content (AvgIpc) is 2.50. The van der Waals surface area contributed by atoms with Crippen LogP contribution in [0.2, 0.25) is 0 Å². The van der Waals surface area contributed by atoms with Gasteiger partial charge in [0.2, 0.25) is 0 Å². The van der Waals surface area contributed by atoms with Gasteiger partial charge in [-0.15, -0.1) is 0 Å². The van der Waals surface area contributed by atoms with Gasteiger partial charge in [0, 0.05) is 0 Å². The third kappa shape index (κ3) is 4.36. The van der Waals surface area contributed by atoms with Crippen LogP contribution in [-0.2, 0) is 0 Å². The number of benzene rings is 2. The van der Waals surface area contributed by atoms with Gasteiger partial charge < -0.3 is 4.74 Å². The van der Waals surface area contributed by atoms with Crippen molar-refractivity contribution < 1.29 is 4.74 Å². The van der Waals surface area contributed by atoms with Crippen molar-refractivity contribution in [1.82, 2.24) is 0 Å². The molecular formula is C21H25NO. The van der Waals surface area contributed by atoms with E-state index in [9.17, 15) is 5.26 Å². The molecule has 0 N–H and O–H groups in total. The highest BCUT2D eigenvalue weighted by Crippen LogP contribution is 2.26. The molecule has 1 unspecified atom stereocenters. The third-order valence-corrected chi connectivity index (χ3v) is 4.21. The molecule has 0 saturated carbocycles. The molecule has 0 spiro atoms. The van der Waals surface area contributed by atoms with Gasteiger partial charge >= 0.3 is 0 Å². The fourth-order valence-electron chi connectivity index (χ4n) is 3.12. The lowest BCUT2D eigenvalue weighted by atomic mass is 9.92. The molecule has 0 fully saturated rings. The van der Waals surface area contributed by atoms with Crippen molar-refractivity contribution in [3.05, 3.63) is 64.2 Å². The summed E-state index contributed by atoms with van der Waals surface area (Å²) in [5, 5.41) is 9.45. The number of rotatable bonds is 6. The zero-order valence-electron chi connectivity index (χ0n) is 14.5. The Labute approximate surface area is 139 Å². The Hall–Kier alpha value is -2.27. The largest absolute Gasteiger partial charge is 0.493 e. The van der Waals surface area contributed by atoms with Gasteiger partial charge in [-0.1, -0.05) is 42.0 Å². The average molecular weight is 307 g/mol. The lowest BCUT2D eigenvalue weighted by Gasteiger charge is -2.15. The first-order valence-electron chi connectivity index (χ1n) is 8.18. The molecule has 2 aromatic carbocycles. The predicted octanol–water partition coefficient (Wildman–Crippen LogP) is 5.39. The molecule has 0 aliphatic heterocycles. The van der Waals surface area contributed by atoms with Gasteiger partial charge in [-0.3, -0.25) is 0 Å². The molecule has 0 saturated heterocycles. The van der Waals surface area contributed by atoms with Crippen LogP contribution in [-0.4, -0.2) is 6.61 Å². The number of nitrogens with zero attached hydrogens (tertiary/aromatic N) is 1. The number of hydrogen-bond acceptors (Lipinski definition) is 2. The molecule has 0 amide bonds. The Bertz CT molecular complexity index is 689. The zero-order valence-corrected chi connectivity index (χ0v) is 14.5. The quantitative estimate of drug-likeness (QED) is 0.671. The first kappa shape index (κ1) is 17.1. The second kappa shape index (κ2) is 7.83. The molecule has 1 atom stereocenters. The van der Waals surface area contributed by atoms with Gasteiger partial charge in [0.25, 0.3) is 0 Å². The van der Waals surface area contributed by atoms with E-state index in [0.717, 1.165) is 24.2 Å². The van der Waals surface area contributed by atoms with Crippen molar-refractivity contribution in [1.29, 1.82) is 5.26 Å². The molecule has 0 aliphatic rings. The number of aryl methyl sites for hydroxylation is 4. The molecule has 2 heteroatoms. The fourth-order valence-corrected chi connectivity index (χ4v) is 3.12. The molecule has 120 valence electrons. The van der Waals surface area contributed by atoms with Crippen molar-refractivity contribution in [3.8, 4) is 11.8 Å². The van der Waals surface area contributed by atoms with E-state index in [1.807, 2.05) is 12.1 Å². The van der Waals surface area contributed by atoms with Crippen LogP contribution >= 0.6 is 0 Å². The standard InChI is InChI=1S/C21H25NO/c1-15-12-17(3)21(18(4)13-15)23-11-7-9-19(14-22)20-10-6-5-8-16(20)2/h5-6,8,10,12-13,19H,7,9,11H2,1-4H3. The Morgan fingerprint density at radius 3 is 2.26 bits per heavy atom. The van der Waals surface area contributed by atoms with Gasteiger partial charge in [-0.2, -0.15) is 5.26 Å². The minimum Gasteiger partial charge on any atom is -0.493 e. The Morgan fingerprint density at radius 1 is 1.00 bits per heavy atom. The van der Waals surface area contributed by atoms with E-state index >= 15 is 0 Å². The zero-order chi connectivity index (χ0) is 16.8. The van der Waals surface area contributed by atoms with E-state index in [-0.39, 0.29) is 5.92 Å². The Kier molecular flexibility index (Phi) is 5.82. The molecule has 0 aliphatic carbocycles. The van der Waals surface area contributed by atoms with E-state index in [0.29, 0.717) is 6.61 Å². The highest BCUT2D eigenvalue weighted by molar-refractivity contribution is 5.42. The molecule has 0 radical (unpaired) electrons. The van der Waals surface area contributed by atoms with E-state index < -0.39 is 0 Å². The van der Waals surface area contributed by atoms with Crippen LogP contribution in [0.3, 0.4) is 0 Å². The van der Waals surface area contributed by atoms with Crippen molar-refractivity contribution in [2.75, 3.05) is 6.61 Å². The molecule has 23 heavy (non-hydrogen) atoms. The van der Waals surface area contributed by atoms with Crippen LogP contribution in [0.25, 0.3) is 0 Å². The maximum atomic E-state index is 9.45. The van der Waals surface area contributed by atoms with Crippen LogP contribution in [0.1, 0.15) is 46.6 Å². The smallest absolute Gasteiger partial charge is 0.125 e. The van der Waals surface area contributed by atoms with Crippen LogP contribution in [0.15, 0.2) is 36.4 Å². The molecule has 2 aromatic rings. The Morgan fingerprint density at radius 2 is 1.65 bits per heavy atom. The van der Waals surface area contributed by atoms with E-state index in [1.54, 1.807) is 0 Å². The summed E-state index contributed by atoms with van der Waals surface area (Å²) in [5.74, 6) is 0.931. The third-order valence-electron chi connectivity index (χ3n) is 4.21. The van der Waals surface area contributed by atoms with Gasteiger partial charge in [0.1, 0.15) is 5.75 Å². The molecular weight excluding hydrogens is 282 g/mol. The van der Waals surface area contributed by atoms with Crippen LogP contribution in [0.4, 0.5) is 0 Å². The lowest BCUT2D eigenvalue weighted by Crippen LogP contribution is -2.05. The van der Waals surface area contributed by atoms with Crippen LogP contribution < -0.4 is 4.74 Å². The monoisotopic (exact) mass is 307 g/mol. The van der Waals surface area contributed by atoms with Crippen LogP contribution in [0.5, 0.6) is 5.75 Å². The van der Waals surface area contributed by atoms with Gasteiger partial charge in [0.05, 0.1) is 18.6 Å². The van der Waals surface area contributed by atoms with Gasteiger partial charge in [-0.25, -0.2) is 0 Å². The predicted molar refractivity (Wildman–Crippen MR) is 94.9 cm³/mol. The normalized spacial score (nSPS) is 11.8. The first-order chi connectivity index (χ1) is 11.0. The SMILES string of the molecule is Cc1cc(C)c(OCCCC(C#N)c2ccccc2C)c(C)c1. The summed E-state index contributed by atoms with van der Waals surface area (Å²) >= 11 is 0. The van der Waals surface area contributed by atoms with Crippen molar-refractivity contribution in [3.63, 3.8) is 0 Å². The molecule has 0 bridgehead atoms. The topological polar surface area (TPSA) is 33.0 Å². The van der Waals surface area contributed by atoms with Crippen LogP contribution in [0, 0.1) is 39.0 Å². The molecule has 2 rings (SSSR count). The number of hydrogen-bond donors (Lipinski definition) is 0. The second-order valence-corrected chi connectivity index (χ2v) is 6.26. The van der Waals surface area contributed by atoms with Gasteiger partial charge in [0.15, 0.2) is 0 Å². The van der Waals surface area contributed by atoms with E-state index in [2.05, 4.69) is 58.0 Å². The molecule has 0 aromatic heterocycles. The molecule has 2 nitrogen and oxygen atoms in total. The number of nitriles is 1. The summed E-state index contributed by atoms with van der Waals surface area (Å²) in [6.45, 7) is 8.98. The maximum absolute atomic E-state index is 9.45.